The number of carbonyl (C=O) groups is 1. The van der Waals surface area contributed by atoms with Gasteiger partial charge in [0.25, 0.3) is 0 Å². The van der Waals surface area contributed by atoms with Gasteiger partial charge in [0.05, 0.1) is 11.2 Å². The van der Waals surface area contributed by atoms with Crippen LogP contribution in [0.2, 0.25) is 0 Å². The van der Waals surface area contributed by atoms with E-state index >= 15 is 0 Å². The van der Waals surface area contributed by atoms with Gasteiger partial charge in [-0.25, -0.2) is 0 Å². The van der Waals surface area contributed by atoms with Crippen LogP contribution in [-0.4, -0.2) is 37.5 Å². The van der Waals surface area contributed by atoms with Gasteiger partial charge < -0.3 is 16.8 Å². The van der Waals surface area contributed by atoms with Crippen LogP contribution >= 0.6 is 0 Å². The maximum atomic E-state index is 13.0. The van der Waals surface area contributed by atoms with Gasteiger partial charge in [0.15, 0.2) is 0 Å². The Morgan fingerprint density at radius 3 is 2.13 bits per heavy atom. The molecule has 0 bridgehead atoms. The second-order valence-corrected chi connectivity index (χ2v) is 14.4. The van der Waals surface area contributed by atoms with Crippen molar-refractivity contribution in [3.8, 4) is 0 Å². The minimum Gasteiger partial charge on any atom is -0.349 e. The molecule has 2 aliphatic rings. The van der Waals surface area contributed by atoms with E-state index in [0.29, 0.717) is 24.7 Å². The predicted octanol–water partition coefficient (Wildman–Crippen LogP) is 6.58. The summed E-state index contributed by atoms with van der Waals surface area (Å²) in [6.45, 7) is 9.60. The molecule has 3 unspecified atom stereocenters. The molecule has 7 heteroatoms. The van der Waals surface area contributed by atoms with Gasteiger partial charge in [-0.2, -0.15) is 0 Å². The van der Waals surface area contributed by atoms with E-state index in [1.54, 1.807) is 0 Å². The number of aryl methyl sites for hydroxylation is 2. The number of amides is 1. The van der Waals surface area contributed by atoms with Crippen molar-refractivity contribution in [1.82, 2.24) is 20.3 Å². The molecule has 3 rings (SSSR count). The Morgan fingerprint density at radius 2 is 1.49 bits per heavy atom. The average Bonchev–Trinajstić information content (AvgIpc) is 3.27. The first-order chi connectivity index (χ1) is 18.4. The third kappa shape index (κ3) is 10.5. The number of unbranched alkanes of at least 4 members (excludes halogenated alkanes) is 1. The number of nitrogens with two attached hydrogens (primary N) is 2. The molecule has 7 nitrogen and oxygen atoms in total. The van der Waals surface area contributed by atoms with Crippen molar-refractivity contribution in [3.63, 3.8) is 0 Å². The van der Waals surface area contributed by atoms with Gasteiger partial charge in [0, 0.05) is 36.7 Å². The molecule has 2 saturated carbocycles. The predicted molar refractivity (Wildman–Crippen MR) is 161 cm³/mol. The molecule has 1 amide bonds. The summed E-state index contributed by atoms with van der Waals surface area (Å²) in [7, 11) is 0. The third-order valence-corrected chi connectivity index (χ3v) is 10.0. The number of nitrogens with zero attached hydrogens (tertiary/aromatic N) is 3. The molecule has 39 heavy (non-hydrogen) atoms. The smallest absolute Gasteiger partial charge is 0.220 e. The van der Waals surface area contributed by atoms with E-state index in [1.807, 2.05) is 17.8 Å². The van der Waals surface area contributed by atoms with Crippen molar-refractivity contribution in [2.75, 3.05) is 0 Å². The molecule has 224 valence electrons. The molecule has 1 aromatic rings. The maximum absolute atomic E-state index is 13.0. The van der Waals surface area contributed by atoms with E-state index in [4.69, 9.17) is 11.5 Å². The number of nitrogens with one attached hydrogen (secondary N) is 1. The molecular formula is C32H60N6O. The summed E-state index contributed by atoms with van der Waals surface area (Å²) in [6.07, 6.45) is 25.6. The Labute approximate surface area is 239 Å². The van der Waals surface area contributed by atoms with Crippen LogP contribution in [0, 0.1) is 5.41 Å². The minimum atomic E-state index is -0.536. The lowest BCUT2D eigenvalue weighted by molar-refractivity contribution is -0.124. The second-order valence-electron chi connectivity index (χ2n) is 14.4. The SMILES string of the molecule is CC1(N)CCCC(C)(N)C(C)(NC(=O)CCc2cn(CCCCC3(C)CCCCCCCCCCC3)nn2)C1. The average molecular weight is 545 g/mol. The van der Waals surface area contributed by atoms with E-state index in [1.165, 1.54) is 83.5 Å². The van der Waals surface area contributed by atoms with Gasteiger partial charge in [-0.3, -0.25) is 9.48 Å². The number of rotatable bonds is 9. The van der Waals surface area contributed by atoms with Gasteiger partial charge in [-0.15, -0.1) is 5.10 Å². The summed E-state index contributed by atoms with van der Waals surface area (Å²) in [4.78, 5) is 13.0. The lowest BCUT2D eigenvalue weighted by Crippen LogP contribution is -2.67. The van der Waals surface area contributed by atoms with Gasteiger partial charge in [-0.1, -0.05) is 76.3 Å². The van der Waals surface area contributed by atoms with Crippen molar-refractivity contribution in [1.29, 1.82) is 0 Å². The summed E-state index contributed by atoms with van der Waals surface area (Å²) < 4.78 is 1.96. The van der Waals surface area contributed by atoms with E-state index in [0.717, 1.165) is 37.9 Å². The topological polar surface area (TPSA) is 112 Å². The molecule has 2 fully saturated rings. The van der Waals surface area contributed by atoms with Gasteiger partial charge in [0.1, 0.15) is 0 Å². The van der Waals surface area contributed by atoms with Crippen LogP contribution in [0.4, 0.5) is 0 Å². The summed E-state index contributed by atoms with van der Waals surface area (Å²) in [5.41, 5.74) is 13.2. The standard InChI is InChI=1S/C32H60N6O/c1-29(19-12-10-8-6-5-7-9-11-13-20-29)21-14-15-24-38-25-27(36-37-38)17-18-28(39)35-32(4)26-30(2,33)22-16-23-31(32,3)34/h25H,5-24,26,33-34H2,1-4H3,(H,35,39). The molecule has 0 spiro atoms. The monoisotopic (exact) mass is 544 g/mol. The van der Waals surface area contributed by atoms with Crippen LogP contribution in [0.15, 0.2) is 6.20 Å². The Balaban J connectivity index is 1.41. The highest BCUT2D eigenvalue weighted by Crippen LogP contribution is 2.38. The highest BCUT2D eigenvalue weighted by atomic mass is 16.1. The van der Waals surface area contributed by atoms with Crippen molar-refractivity contribution >= 4 is 5.91 Å². The van der Waals surface area contributed by atoms with E-state index in [2.05, 4.69) is 36.4 Å². The lowest BCUT2D eigenvalue weighted by Gasteiger charge is -2.46. The van der Waals surface area contributed by atoms with Gasteiger partial charge in [0.2, 0.25) is 5.91 Å². The molecule has 0 radical (unpaired) electrons. The zero-order chi connectivity index (χ0) is 28.4. The summed E-state index contributed by atoms with van der Waals surface area (Å²) in [5, 5.41) is 12.0. The van der Waals surface area contributed by atoms with Crippen LogP contribution in [-0.2, 0) is 17.8 Å². The molecule has 1 heterocycles. The highest BCUT2D eigenvalue weighted by Gasteiger charge is 2.48. The van der Waals surface area contributed by atoms with Crippen LogP contribution in [0.1, 0.15) is 155 Å². The van der Waals surface area contributed by atoms with Crippen LogP contribution in [0.25, 0.3) is 0 Å². The largest absolute Gasteiger partial charge is 0.349 e. The first-order valence-electron chi connectivity index (χ1n) is 16.2. The molecule has 0 aliphatic heterocycles. The Morgan fingerprint density at radius 1 is 0.872 bits per heavy atom. The Hall–Kier alpha value is -1.47. The highest BCUT2D eigenvalue weighted by molar-refractivity contribution is 5.77. The maximum Gasteiger partial charge on any atom is 0.220 e. The zero-order valence-electron chi connectivity index (χ0n) is 25.8. The number of aromatic nitrogens is 3. The fourth-order valence-corrected chi connectivity index (χ4v) is 7.14. The second kappa shape index (κ2) is 14.4. The minimum absolute atomic E-state index is 0.00620. The van der Waals surface area contributed by atoms with Crippen LogP contribution < -0.4 is 16.8 Å². The van der Waals surface area contributed by atoms with Gasteiger partial charge in [-0.05, 0) is 77.6 Å². The van der Waals surface area contributed by atoms with Crippen LogP contribution in [0.3, 0.4) is 0 Å². The normalized spacial score (nSPS) is 31.0. The van der Waals surface area contributed by atoms with Gasteiger partial charge >= 0.3 is 0 Å². The third-order valence-electron chi connectivity index (χ3n) is 10.0. The van der Waals surface area contributed by atoms with Crippen molar-refractivity contribution in [2.24, 2.45) is 16.9 Å². The van der Waals surface area contributed by atoms with E-state index in [-0.39, 0.29) is 11.4 Å². The number of hydrogen-bond acceptors (Lipinski definition) is 5. The van der Waals surface area contributed by atoms with E-state index < -0.39 is 11.1 Å². The molecule has 2 aliphatic carbocycles. The van der Waals surface area contributed by atoms with Crippen LogP contribution in [0.5, 0.6) is 0 Å². The fraction of sp³-hybridized carbons (Fsp3) is 0.906. The first kappa shape index (κ1) is 32.0. The molecule has 3 atom stereocenters. The van der Waals surface area contributed by atoms with Crippen molar-refractivity contribution in [2.45, 2.75) is 179 Å². The molecule has 5 N–H and O–H groups in total. The number of hydrogen-bond donors (Lipinski definition) is 3. The molecule has 0 aromatic carbocycles. The summed E-state index contributed by atoms with van der Waals surface area (Å²) >= 11 is 0. The quantitative estimate of drug-likeness (QED) is 0.240. The fourth-order valence-electron chi connectivity index (χ4n) is 7.14. The summed E-state index contributed by atoms with van der Waals surface area (Å²) in [6, 6.07) is 0. The molecule has 0 saturated heterocycles. The Bertz CT molecular complexity index is 866. The van der Waals surface area contributed by atoms with Crippen molar-refractivity contribution < 1.29 is 4.79 Å². The number of carbonyl (C=O) groups excluding carboxylic acids is 1. The molecular weight excluding hydrogens is 484 g/mol. The Kier molecular flexibility index (Phi) is 11.9. The molecule has 1 aromatic heterocycles. The summed E-state index contributed by atoms with van der Waals surface area (Å²) in [5.74, 6) is 0.00620. The van der Waals surface area contributed by atoms with Crippen molar-refractivity contribution in [3.05, 3.63) is 11.9 Å². The van der Waals surface area contributed by atoms with E-state index in [9.17, 15) is 4.79 Å². The zero-order valence-corrected chi connectivity index (χ0v) is 25.8. The lowest BCUT2D eigenvalue weighted by atomic mass is 9.73. The first-order valence-corrected chi connectivity index (χ1v) is 16.2.